The zero-order valence-electron chi connectivity index (χ0n) is 10.1. The average molecular weight is 289 g/mol. The van der Waals surface area contributed by atoms with E-state index in [1.54, 1.807) is 6.92 Å². The number of carbonyl (C=O) groups is 1. The number of benzene rings is 1. The van der Waals surface area contributed by atoms with Crippen LogP contribution in [0.15, 0.2) is 12.1 Å². The van der Waals surface area contributed by atoms with Gasteiger partial charge in [0.2, 0.25) is 0 Å². The highest BCUT2D eigenvalue weighted by atomic mass is 35.5. The third-order valence-corrected chi connectivity index (χ3v) is 2.88. The second-order valence-corrected chi connectivity index (χ2v) is 4.25. The Labute approximate surface area is 114 Å². The first kappa shape index (κ1) is 15.2. The zero-order valence-corrected chi connectivity index (χ0v) is 10.8. The smallest absolute Gasteiger partial charge is 0.338 e. The molecule has 0 saturated heterocycles. The first-order valence-electron chi connectivity index (χ1n) is 5.49. The van der Waals surface area contributed by atoms with Crippen LogP contribution in [0.4, 0.5) is 11.4 Å². The van der Waals surface area contributed by atoms with Crippen molar-refractivity contribution in [2.75, 3.05) is 11.9 Å². The third kappa shape index (κ3) is 3.55. The topological polar surface area (TPSA) is 113 Å². The average Bonchev–Trinajstić information content (AvgIpc) is 2.36. The summed E-state index contributed by atoms with van der Waals surface area (Å²) >= 11 is 5.87. The third-order valence-electron chi connectivity index (χ3n) is 2.58. The Kier molecular flexibility index (Phi) is 5.08. The van der Waals surface area contributed by atoms with E-state index in [4.69, 9.17) is 21.8 Å². The quantitative estimate of drug-likeness (QED) is 0.546. The van der Waals surface area contributed by atoms with Crippen molar-refractivity contribution in [3.05, 3.63) is 32.8 Å². The first-order valence-corrected chi connectivity index (χ1v) is 5.87. The Bertz CT molecular complexity index is 502. The summed E-state index contributed by atoms with van der Waals surface area (Å²) in [5, 5.41) is 31.5. The standard InChI is InChI=1S/C11H13ClN2O5/c1-2-6(5-15)13-10-8(11(16)17)3-7(14(18)19)4-9(10)12/h3-4,6,13,15H,2,5H2,1H3,(H,16,17). The van der Waals surface area contributed by atoms with Crippen LogP contribution >= 0.6 is 11.6 Å². The van der Waals surface area contributed by atoms with Gasteiger partial charge in [0.05, 0.1) is 27.8 Å². The van der Waals surface area contributed by atoms with Gasteiger partial charge in [0.15, 0.2) is 0 Å². The van der Waals surface area contributed by atoms with Crippen LogP contribution < -0.4 is 5.32 Å². The van der Waals surface area contributed by atoms with Gasteiger partial charge in [-0.05, 0) is 6.42 Å². The number of aliphatic hydroxyl groups is 1. The fourth-order valence-corrected chi connectivity index (χ4v) is 1.76. The van der Waals surface area contributed by atoms with Crippen molar-refractivity contribution in [3.8, 4) is 0 Å². The molecule has 0 amide bonds. The maximum atomic E-state index is 11.1. The molecule has 1 aromatic carbocycles. The summed E-state index contributed by atoms with van der Waals surface area (Å²) in [6.45, 7) is 1.59. The number of aromatic carboxylic acids is 1. The van der Waals surface area contributed by atoms with Crippen LogP contribution in [0.3, 0.4) is 0 Å². The molecule has 0 aromatic heterocycles. The van der Waals surface area contributed by atoms with Crippen LogP contribution in [0, 0.1) is 10.1 Å². The highest BCUT2D eigenvalue weighted by Crippen LogP contribution is 2.32. The predicted octanol–water partition coefficient (Wildman–Crippen LogP) is 2.13. The summed E-state index contributed by atoms with van der Waals surface area (Å²) in [4.78, 5) is 21.1. The number of nitrogens with one attached hydrogen (secondary N) is 1. The second-order valence-electron chi connectivity index (χ2n) is 3.84. The summed E-state index contributed by atoms with van der Waals surface area (Å²) in [6, 6.07) is 1.62. The Morgan fingerprint density at radius 3 is 2.63 bits per heavy atom. The van der Waals surface area contributed by atoms with Gasteiger partial charge in [-0.3, -0.25) is 10.1 Å². The molecule has 3 N–H and O–H groups in total. The molecule has 104 valence electrons. The van der Waals surface area contributed by atoms with Crippen LogP contribution in [0.2, 0.25) is 5.02 Å². The van der Waals surface area contributed by atoms with Crippen LogP contribution in [-0.4, -0.2) is 33.8 Å². The van der Waals surface area contributed by atoms with Gasteiger partial charge >= 0.3 is 5.97 Å². The Morgan fingerprint density at radius 1 is 1.58 bits per heavy atom. The molecule has 1 unspecified atom stereocenters. The van der Waals surface area contributed by atoms with Gasteiger partial charge in [0, 0.05) is 18.2 Å². The lowest BCUT2D eigenvalue weighted by molar-refractivity contribution is -0.384. The van der Waals surface area contributed by atoms with Gasteiger partial charge in [0.25, 0.3) is 5.69 Å². The van der Waals surface area contributed by atoms with E-state index in [1.165, 1.54) is 0 Å². The number of carboxylic acids is 1. The van der Waals surface area contributed by atoms with E-state index in [2.05, 4.69) is 5.32 Å². The summed E-state index contributed by atoms with van der Waals surface area (Å²) in [6.07, 6.45) is 0.545. The van der Waals surface area contributed by atoms with Crippen molar-refractivity contribution in [1.82, 2.24) is 0 Å². The van der Waals surface area contributed by atoms with Crippen molar-refractivity contribution in [1.29, 1.82) is 0 Å². The molecule has 0 heterocycles. The molecule has 0 fully saturated rings. The molecule has 0 aliphatic heterocycles. The van der Waals surface area contributed by atoms with Gasteiger partial charge in [-0.2, -0.15) is 0 Å². The van der Waals surface area contributed by atoms with Crippen LogP contribution in [0.1, 0.15) is 23.7 Å². The molecule has 1 atom stereocenters. The summed E-state index contributed by atoms with van der Waals surface area (Å²) < 4.78 is 0. The Hall–Kier alpha value is -1.86. The number of rotatable bonds is 6. The van der Waals surface area contributed by atoms with Crippen LogP contribution in [0.25, 0.3) is 0 Å². The van der Waals surface area contributed by atoms with E-state index in [0.29, 0.717) is 6.42 Å². The summed E-state index contributed by atoms with van der Waals surface area (Å²) in [7, 11) is 0. The number of nitro groups is 1. The SMILES string of the molecule is CCC(CO)Nc1c(Cl)cc([N+](=O)[O-])cc1C(=O)O. The van der Waals surface area contributed by atoms with Crippen molar-refractivity contribution < 1.29 is 19.9 Å². The molecule has 1 aromatic rings. The number of halogens is 1. The lowest BCUT2D eigenvalue weighted by Crippen LogP contribution is -2.24. The lowest BCUT2D eigenvalue weighted by Gasteiger charge is -2.18. The van der Waals surface area contributed by atoms with Crippen molar-refractivity contribution in [2.24, 2.45) is 0 Å². The number of nitrogens with zero attached hydrogens (tertiary/aromatic N) is 1. The summed E-state index contributed by atoms with van der Waals surface area (Å²) in [5.74, 6) is -1.33. The minimum Gasteiger partial charge on any atom is -0.478 e. The molecular formula is C11H13ClN2O5. The Balaban J connectivity index is 3.29. The molecule has 19 heavy (non-hydrogen) atoms. The molecule has 0 bridgehead atoms. The minimum atomic E-state index is -1.33. The maximum Gasteiger partial charge on any atom is 0.338 e. The number of carboxylic acid groups (broad SMARTS) is 1. The number of hydrogen-bond acceptors (Lipinski definition) is 5. The molecule has 0 aliphatic rings. The first-order chi connectivity index (χ1) is 8.90. The molecule has 1 rings (SSSR count). The second kappa shape index (κ2) is 6.35. The number of aliphatic hydroxyl groups excluding tert-OH is 1. The largest absolute Gasteiger partial charge is 0.478 e. The summed E-state index contributed by atoms with van der Waals surface area (Å²) in [5.41, 5.74) is -0.628. The van der Waals surface area contributed by atoms with Crippen molar-refractivity contribution in [2.45, 2.75) is 19.4 Å². The number of nitro benzene ring substituents is 1. The highest BCUT2D eigenvalue weighted by molar-refractivity contribution is 6.34. The van der Waals surface area contributed by atoms with Crippen LogP contribution in [0.5, 0.6) is 0 Å². The number of non-ortho nitro benzene ring substituents is 1. The van der Waals surface area contributed by atoms with E-state index < -0.39 is 16.6 Å². The normalized spacial score (nSPS) is 11.9. The molecule has 0 radical (unpaired) electrons. The number of anilines is 1. The van der Waals surface area contributed by atoms with Gasteiger partial charge < -0.3 is 15.5 Å². The van der Waals surface area contributed by atoms with Gasteiger partial charge in [0.1, 0.15) is 0 Å². The van der Waals surface area contributed by atoms with E-state index in [-0.39, 0.29) is 28.9 Å². The van der Waals surface area contributed by atoms with E-state index in [1.807, 2.05) is 0 Å². The predicted molar refractivity (Wildman–Crippen MR) is 69.9 cm³/mol. The van der Waals surface area contributed by atoms with Gasteiger partial charge in [-0.15, -0.1) is 0 Å². The number of hydrogen-bond donors (Lipinski definition) is 3. The zero-order chi connectivity index (χ0) is 14.6. The van der Waals surface area contributed by atoms with E-state index in [0.717, 1.165) is 12.1 Å². The maximum absolute atomic E-state index is 11.1. The fraction of sp³-hybridized carbons (Fsp3) is 0.364. The molecule has 0 saturated carbocycles. The minimum absolute atomic E-state index is 0.0701. The van der Waals surface area contributed by atoms with Crippen molar-refractivity contribution in [3.63, 3.8) is 0 Å². The molecule has 8 heteroatoms. The van der Waals surface area contributed by atoms with Crippen molar-refractivity contribution >= 4 is 28.9 Å². The molecular weight excluding hydrogens is 276 g/mol. The fourth-order valence-electron chi connectivity index (χ4n) is 1.49. The molecule has 0 spiro atoms. The Morgan fingerprint density at radius 2 is 2.21 bits per heavy atom. The molecule has 0 aliphatic carbocycles. The van der Waals surface area contributed by atoms with E-state index in [9.17, 15) is 14.9 Å². The highest BCUT2D eigenvalue weighted by Gasteiger charge is 2.21. The lowest BCUT2D eigenvalue weighted by atomic mass is 10.1. The monoisotopic (exact) mass is 288 g/mol. The van der Waals surface area contributed by atoms with E-state index >= 15 is 0 Å². The van der Waals surface area contributed by atoms with Gasteiger partial charge in [-0.1, -0.05) is 18.5 Å². The molecule has 7 nitrogen and oxygen atoms in total. The van der Waals surface area contributed by atoms with Gasteiger partial charge in [-0.25, -0.2) is 4.79 Å². The van der Waals surface area contributed by atoms with Crippen LogP contribution in [-0.2, 0) is 0 Å².